The van der Waals surface area contributed by atoms with Crippen LogP contribution in [0.2, 0.25) is 0 Å². The zero-order valence-electron chi connectivity index (χ0n) is 6.81. The van der Waals surface area contributed by atoms with Crippen molar-refractivity contribution in [1.29, 1.82) is 5.41 Å². The highest BCUT2D eigenvalue weighted by atomic mass is 14.6. The van der Waals surface area contributed by atoms with Gasteiger partial charge in [-0.1, -0.05) is 0 Å². The fraction of sp³-hybridized carbons (Fsp3) is 0.222. The van der Waals surface area contributed by atoms with Crippen molar-refractivity contribution in [2.75, 3.05) is 5.73 Å². The van der Waals surface area contributed by atoms with Gasteiger partial charge in [0.05, 0.1) is 0 Å². The van der Waals surface area contributed by atoms with Crippen LogP contribution in [0.5, 0.6) is 0 Å². The summed E-state index contributed by atoms with van der Waals surface area (Å²) in [5.41, 5.74) is 9.48. The van der Waals surface area contributed by atoms with Crippen LogP contribution in [-0.2, 0) is 0 Å². The van der Waals surface area contributed by atoms with E-state index in [9.17, 15) is 0 Å². The van der Waals surface area contributed by atoms with Gasteiger partial charge in [-0.2, -0.15) is 0 Å². The van der Waals surface area contributed by atoms with Gasteiger partial charge in [-0.05, 0) is 37.1 Å². The fourth-order valence-corrected chi connectivity index (χ4v) is 0.986. The van der Waals surface area contributed by atoms with Crippen LogP contribution < -0.4 is 5.73 Å². The molecule has 0 bridgehead atoms. The summed E-state index contributed by atoms with van der Waals surface area (Å²) in [5, 5.41) is 7.05. The second kappa shape index (κ2) is 2.74. The molecule has 0 fully saturated rings. The first-order valence-electron chi connectivity index (χ1n) is 3.52. The molecular weight excluding hydrogens is 136 g/mol. The lowest BCUT2D eigenvalue weighted by molar-refractivity contribution is 1.33. The van der Waals surface area contributed by atoms with Gasteiger partial charge in [0.15, 0.2) is 0 Å². The maximum Gasteiger partial charge on any atom is 0.0405 e. The second-order valence-corrected chi connectivity index (χ2v) is 2.71. The van der Waals surface area contributed by atoms with Crippen LogP contribution in [0.25, 0.3) is 0 Å². The Morgan fingerprint density at radius 3 is 2.36 bits per heavy atom. The third-order valence-corrected chi connectivity index (χ3v) is 1.85. The van der Waals surface area contributed by atoms with E-state index in [4.69, 9.17) is 11.1 Å². The number of nitrogens with two attached hydrogens (primary N) is 1. The van der Waals surface area contributed by atoms with Gasteiger partial charge in [0.1, 0.15) is 0 Å². The van der Waals surface area contributed by atoms with Gasteiger partial charge in [0.25, 0.3) is 0 Å². The molecule has 11 heavy (non-hydrogen) atoms. The molecule has 1 rings (SSSR count). The molecule has 3 N–H and O–H groups in total. The number of nitrogens with one attached hydrogen (secondary N) is 1. The Morgan fingerprint density at radius 2 is 1.82 bits per heavy atom. The fourth-order valence-electron chi connectivity index (χ4n) is 0.986. The zero-order valence-corrected chi connectivity index (χ0v) is 6.81. The van der Waals surface area contributed by atoms with Crippen molar-refractivity contribution >= 4 is 11.9 Å². The van der Waals surface area contributed by atoms with E-state index in [1.54, 1.807) is 0 Å². The predicted octanol–water partition coefficient (Wildman–Crippen LogP) is 1.88. The van der Waals surface area contributed by atoms with Gasteiger partial charge in [-0.3, -0.25) is 0 Å². The van der Waals surface area contributed by atoms with E-state index in [1.807, 2.05) is 26.0 Å². The van der Waals surface area contributed by atoms with Gasteiger partial charge in [0, 0.05) is 17.5 Å². The van der Waals surface area contributed by atoms with Crippen LogP contribution in [0, 0.1) is 19.3 Å². The minimum absolute atomic E-state index is 0.683. The summed E-state index contributed by atoms with van der Waals surface area (Å²) in [6.07, 6.45) is 1.28. The minimum Gasteiger partial charge on any atom is -0.398 e. The number of aryl methyl sites for hydroxylation is 2. The molecule has 0 aliphatic carbocycles. The second-order valence-electron chi connectivity index (χ2n) is 2.71. The highest BCUT2D eigenvalue weighted by Gasteiger charge is 1.98. The van der Waals surface area contributed by atoms with Crippen LogP contribution in [-0.4, -0.2) is 6.21 Å². The molecule has 1 aromatic rings. The van der Waals surface area contributed by atoms with Crippen LogP contribution in [0.15, 0.2) is 12.1 Å². The summed E-state index contributed by atoms with van der Waals surface area (Å²) in [4.78, 5) is 0. The summed E-state index contributed by atoms with van der Waals surface area (Å²) in [6, 6.07) is 3.83. The molecule has 1 aromatic carbocycles. The van der Waals surface area contributed by atoms with Crippen LogP contribution >= 0.6 is 0 Å². The molecule has 0 unspecified atom stereocenters. The van der Waals surface area contributed by atoms with Crippen LogP contribution in [0.4, 0.5) is 5.69 Å². The first kappa shape index (κ1) is 7.79. The standard InChI is InChI=1S/C9H12N2/c1-6-3-8(5-10)9(11)4-7(6)2/h3-5,10H,11H2,1-2H3. The minimum atomic E-state index is 0.683. The van der Waals surface area contributed by atoms with Crippen molar-refractivity contribution in [3.63, 3.8) is 0 Å². The Kier molecular flexibility index (Phi) is 1.94. The largest absolute Gasteiger partial charge is 0.398 e. The molecule has 2 heteroatoms. The number of nitrogen functional groups attached to an aromatic ring is 1. The first-order valence-corrected chi connectivity index (χ1v) is 3.52. The normalized spacial score (nSPS) is 9.64. The van der Waals surface area contributed by atoms with Crippen molar-refractivity contribution in [2.24, 2.45) is 0 Å². The van der Waals surface area contributed by atoms with Gasteiger partial charge >= 0.3 is 0 Å². The zero-order chi connectivity index (χ0) is 8.43. The molecule has 0 aromatic heterocycles. The average Bonchev–Trinajstić information content (AvgIpc) is 1.97. The third-order valence-electron chi connectivity index (χ3n) is 1.85. The maximum absolute atomic E-state index is 7.05. The van der Waals surface area contributed by atoms with Gasteiger partial charge in [-0.15, -0.1) is 0 Å². The molecule has 2 nitrogen and oxygen atoms in total. The monoisotopic (exact) mass is 148 g/mol. The summed E-state index contributed by atoms with van der Waals surface area (Å²) in [6.45, 7) is 4.03. The molecule has 0 aliphatic rings. The Hall–Kier alpha value is -1.31. The van der Waals surface area contributed by atoms with E-state index in [0.717, 1.165) is 5.56 Å². The summed E-state index contributed by atoms with van der Waals surface area (Å²) < 4.78 is 0. The van der Waals surface area contributed by atoms with Gasteiger partial charge in [0.2, 0.25) is 0 Å². The number of rotatable bonds is 1. The van der Waals surface area contributed by atoms with E-state index in [-0.39, 0.29) is 0 Å². The van der Waals surface area contributed by atoms with Crippen molar-refractivity contribution in [2.45, 2.75) is 13.8 Å². The van der Waals surface area contributed by atoms with Gasteiger partial charge in [-0.25, -0.2) is 0 Å². The topological polar surface area (TPSA) is 49.9 Å². The lowest BCUT2D eigenvalue weighted by atomic mass is 10.1. The molecule has 0 radical (unpaired) electrons. The van der Waals surface area contributed by atoms with Crippen molar-refractivity contribution in [3.05, 3.63) is 28.8 Å². The van der Waals surface area contributed by atoms with Crippen molar-refractivity contribution in [1.82, 2.24) is 0 Å². The first-order chi connectivity index (χ1) is 5.15. The smallest absolute Gasteiger partial charge is 0.0405 e. The molecule has 0 heterocycles. The molecule has 0 amide bonds. The predicted molar refractivity (Wildman–Crippen MR) is 48.2 cm³/mol. The Morgan fingerprint density at radius 1 is 1.27 bits per heavy atom. The van der Waals surface area contributed by atoms with E-state index in [2.05, 4.69) is 0 Å². The Labute approximate surface area is 66.6 Å². The van der Waals surface area contributed by atoms with Crippen molar-refractivity contribution < 1.29 is 0 Å². The molecule has 0 spiro atoms. The summed E-state index contributed by atoms with van der Waals surface area (Å²) in [5.74, 6) is 0. The lowest BCUT2D eigenvalue weighted by Gasteiger charge is -2.04. The van der Waals surface area contributed by atoms with E-state index in [1.165, 1.54) is 17.3 Å². The highest BCUT2D eigenvalue weighted by Crippen LogP contribution is 2.15. The molecular formula is C9H12N2. The number of benzene rings is 1. The molecule has 0 saturated carbocycles. The lowest BCUT2D eigenvalue weighted by Crippen LogP contribution is -1.95. The molecule has 0 saturated heterocycles. The third kappa shape index (κ3) is 1.40. The van der Waals surface area contributed by atoms with Crippen molar-refractivity contribution in [3.8, 4) is 0 Å². The number of hydrogen-bond donors (Lipinski definition) is 2. The maximum atomic E-state index is 7.05. The average molecular weight is 148 g/mol. The molecule has 0 aliphatic heterocycles. The summed E-state index contributed by atoms with van der Waals surface area (Å²) in [7, 11) is 0. The Balaban J connectivity index is 3.31. The molecule has 58 valence electrons. The van der Waals surface area contributed by atoms with Gasteiger partial charge < -0.3 is 11.1 Å². The number of hydrogen-bond acceptors (Lipinski definition) is 2. The Bertz CT molecular complexity index is 290. The number of anilines is 1. The highest BCUT2D eigenvalue weighted by molar-refractivity contribution is 5.85. The quantitative estimate of drug-likeness (QED) is 0.463. The van der Waals surface area contributed by atoms with E-state index >= 15 is 0 Å². The van der Waals surface area contributed by atoms with Crippen LogP contribution in [0.3, 0.4) is 0 Å². The summed E-state index contributed by atoms with van der Waals surface area (Å²) >= 11 is 0. The van der Waals surface area contributed by atoms with E-state index in [0.29, 0.717) is 5.69 Å². The SMILES string of the molecule is Cc1cc(N)c(C=N)cc1C. The molecule has 0 atom stereocenters. The van der Waals surface area contributed by atoms with E-state index < -0.39 is 0 Å². The van der Waals surface area contributed by atoms with Crippen LogP contribution in [0.1, 0.15) is 16.7 Å².